The van der Waals surface area contributed by atoms with Crippen LogP contribution in [0.3, 0.4) is 0 Å². The number of nitrogens with zero attached hydrogens (tertiary/aromatic N) is 2. The normalized spacial score (nSPS) is 32.5. The van der Waals surface area contributed by atoms with Crippen LogP contribution in [0.4, 0.5) is 0 Å². The van der Waals surface area contributed by atoms with Crippen LogP contribution in [0.5, 0.6) is 0 Å². The van der Waals surface area contributed by atoms with Crippen LogP contribution < -0.4 is 5.73 Å². The quantitative estimate of drug-likeness (QED) is 0.807. The minimum absolute atomic E-state index is 0.210. The third kappa shape index (κ3) is 2.25. The van der Waals surface area contributed by atoms with E-state index in [0.29, 0.717) is 11.5 Å². The molecule has 17 heavy (non-hydrogen) atoms. The van der Waals surface area contributed by atoms with E-state index in [1.165, 1.54) is 38.8 Å². The monoisotopic (exact) mass is 239 g/mol. The number of piperidine rings is 1. The Morgan fingerprint density at radius 2 is 2.06 bits per heavy atom. The largest absolute Gasteiger partial charge is 0.329 e. The van der Waals surface area contributed by atoms with E-state index >= 15 is 0 Å². The minimum Gasteiger partial charge on any atom is -0.329 e. The zero-order valence-corrected chi connectivity index (χ0v) is 12.0. The fraction of sp³-hybridized carbons (Fsp3) is 1.00. The molecule has 0 spiro atoms. The number of likely N-dealkylation sites (tertiary alicyclic amines) is 1. The van der Waals surface area contributed by atoms with E-state index in [1.54, 1.807) is 0 Å². The fourth-order valence-corrected chi connectivity index (χ4v) is 3.31. The molecule has 1 aliphatic heterocycles. The molecule has 2 aliphatic rings. The topological polar surface area (TPSA) is 32.5 Å². The molecular formula is C14H29N3. The first-order valence-corrected chi connectivity index (χ1v) is 7.04. The van der Waals surface area contributed by atoms with Gasteiger partial charge in [-0.3, -0.25) is 4.90 Å². The maximum absolute atomic E-state index is 6.13. The van der Waals surface area contributed by atoms with Crippen LogP contribution in [0.25, 0.3) is 0 Å². The molecule has 3 nitrogen and oxygen atoms in total. The lowest BCUT2D eigenvalue weighted by molar-refractivity contribution is 0.00413. The van der Waals surface area contributed by atoms with Gasteiger partial charge in [0.25, 0.3) is 0 Å². The third-order valence-electron chi connectivity index (χ3n) is 5.52. The van der Waals surface area contributed by atoms with Gasteiger partial charge in [0.05, 0.1) is 0 Å². The number of likely N-dealkylation sites (N-methyl/N-ethyl adjacent to an activating group) is 1. The summed E-state index contributed by atoms with van der Waals surface area (Å²) in [6, 6.07) is 0.706. The maximum Gasteiger partial charge on any atom is 0.0357 e. The van der Waals surface area contributed by atoms with Gasteiger partial charge < -0.3 is 10.6 Å². The zero-order chi connectivity index (χ0) is 12.7. The molecule has 2 N–H and O–H groups in total. The summed E-state index contributed by atoms with van der Waals surface area (Å²) in [5.41, 5.74) is 6.81. The first-order chi connectivity index (χ1) is 7.93. The Kier molecular flexibility index (Phi) is 3.54. The molecule has 1 heterocycles. The number of rotatable bonds is 4. The predicted molar refractivity (Wildman–Crippen MR) is 73.1 cm³/mol. The van der Waals surface area contributed by atoms with Crippen molar-refractivity contribution < 1.29 is 0 Å². The SMILES string of the molecule is CN(C)C1CCCN(C(C)(CN)C2(C)CC2)C1. The molecule has 0 aromatic carbocycles. The van der Waals surface area contributed by atoms with Crippen LogP contribution in [0.15, 0.2) is 0 Å². The Morgan fingerprint density at radius 3 is 2.53 bits per heavy atom. The van der Waals surface area contributed by atoms with Crippen molar-refractivity contribution in [1.29, 1.82) is 0 Å². The van der Waals surface area contributed by atoms with Crippen molar-refractivity contribution in [2.24, 2.45) is 11.1 Å². The molecule has 2 rings (SSSR count). The predicted octanol–water partition coefficient (Wildman–Crippen LogP) is 1.53. The first-order valence-electron chi connectivity index (χ1n) is 7.04. The van der Waals surface area contributed by atoms with Gasteiger partial charge in [-0.25, -0.2) is 0 Å². The molecule has 3 heteroatoms. The lowest BCUT2D eigenvalue weighted by atomic mass is 9.80. The molecule has 2 unspecified atom stereocenters. The molecule has 2 atom stereocenters. The van der Waals surface area contributed by atoms with Crippen LogP contribution in [0.1, 0.15) is 39.5 Å². The van der Waals surface area contributed by atoms with Gasteiger partial charge in [0, 0.05) is 24.7 Å². The first kappa shape index (κ1) is 13.3. The van der Waals surface area contributed by atoms with Crippen molar-refractivity contribution in [2.75, 3.05) is 33.7 Å². The number of hydrogen-bond acceptors (Lipinski definition) is 3. The van der Waals surface area contributed by atoms with Gasteiger partial charge in [0.1, 0.15) is 0 Å². The van der Waals surface area contributed by atoms with E-state index in [2.05, 4.69) is 37.7 Å². The van der Waals surface area contributed by atoms with Gasteiger partial charge in [-0.1, -0.05) is 6.92 Å². The van der Waals surface area contributed by atoms with Crippen LogP contribution in [0, 0.1) is 5.41 Å². The van der Waals surface area contributed by atoms with Crippen LogP contribution in [0.2, 0.25) is 0 Å². The van der Waals surface area contributed by atoms with Crippen LogP contribution in [-0.4, -0.2) is 55.1 Å². The summed E-state index contributed by atoms with van der Waals surface area (Å²) in [6.07, 6.45) is 5.35. The van der Waals surface area contributed by atoms with Crippen molar-refractivity contribution in [2.45, 2.75) is 51.1 Å². The van der Waals surface area contributed by atoms with E-state index in [1.807, 2.05) is 0 Å². The summed E-state index contributed by atoms with van der Waals surface area (Å²) < 4.78 is 0. The van der Waals surface area contributed by atoms with Crippen molar-refractivity contribution in [3.63, 3.8) is 0 Å². The molecule has 1 saturated carbocycles. The van der Waals surface area contributed by atoms with E-state index in [9.17, 15) is 0 Å². The van der Waals surface area contributed by atoms with Crippen molar-refractivity contribution in [1.82, 2.24) is 9.80 Å². The Labute approximate surface area is 106 Å². The van der Waals surface area contributed by atoms with Crippen molar-refractivity contribution in [3.8, 4) is 0 Å². The van der Waals surface area contributed by atoms with Gasteiger partial charge in [-0.15, -0.1) is 0 Å². The smallest absolute Gasteiger partial charge is 0.0357 e. The van der Waals surface area contributed by atoms with Crippen LogP contribution >= 0.6 is 0 Å². The Morgan fingerprint density at radius 1 is 1.41 bits per heavy atom. The standard InChI is InChI=1S/C14H29N3/c1-13(7-8-13)14(2,11-15)17-9-5-6-12(10-17)16(3)4/h12H,5-11,15H2,1-4H3. The average Bonchev–Trinajstić information content (AvgIpc) is 3.08. The third-order valence-corrected chi connectivity index (χ3v) is 5.52. The van der Waals surface area contributed by atoms with Crippen molar-refractivity contribution >= 4 is 0 Å². The van der Waals surface area contributed by atoms with E-state index in [-0.39, 0.29) is 5.54 Å². The van der Waals surface area contributed by atoms with Gasteiger partial charge in [0.15, 0.2) is 0 Å². The van der Waals surface area contributed by atoms with E-state index < -0.39 is 0 Å². The Hall–Kier alpha value is -0.120. The highest BCUT2D eigenvalue weighted by molar-refractivity contribution is 5.10. The highest BCUT2D eigenvalue weighted by Crippen LogP contribution is 2.55. The van der Waals surface area contributed by atoms with Gasteiger partial charge in [0.2, 0.25) is 0 Å². The molecule has 1 saturated heterocycles. The maximum atomic E-state index is 6.13. The summed E-state index contributed by atoms with van der Waals surface area (Å²) in [5, 5.41) is 0. The summed E-state index contributed by atoms with van der Waals surface area (Å²) in [7, 11) is 4.40. The highest BCUT2D eigenvalue weighted by Gasteiger charge is 2.55. The minimum atomic E-state index is 0.210. The molecule has 100 valence electrons. The fourth-order valence-electron chi connectivity index (χ4n) is 3.31. The second kappa shape index (κ2) is 4.52. The lowest BCUT2D eigenvalue weighted by Gasteiger charge is -2.50. The van der Waals surface area contributed by atoms with Gasteiger partial charge >= 0.3 is 0 Å². The molecule has 0 bridgehead atoms. The molecule has 0 radical (unpaired) electrons. The number of hydrogen-bond donors (Lipinski definition) is 1. The molecular weight excluding hydrogens is 210 g/mol. The van der Waals surface area contributed by atoms with Gasteiger partial charge in [-0.05, 0) is 58.7 Å². The molecule has 2 fully saturated rings. The summed E-state index contributed by atoms with van der Waals surface area (Å²) in [6.45, 7) is 8.02. The highest BCUT2D eigenvalue weighted by atomic mass is 15.3. The average molecular weight is 239 g/mol. The molecule has 1 aliphatic carbocycles. The van der Waals surface area contributed by atoms with Gasteiger partial charge in [-0.2, -0.15) is 0 Å². The summed E-state index contributed by atoms with van der Waals surface area (Å²) >= 11 is 0. The van der Waals surface area contributed by atoms with Crippen LogP contribution in [-0.2, 0) is 0 Å². The second-order valence-corrected chi connectivity index (χ2v) is 6.74. The molecule has 0 amide bonds. The summed E-state index contributed by atoms with van der Waals surface area (Å²) in [4.78, 5) is 5.05. The van der Waals surface area contributed by atoms with E-state index in [0.717, 1.165) is 6.54 Å². The number of nitrogens with two attached hydrogens (primary N) is 1. The zero-order valence-electron chi connectivity index (χ0n) is 12.0. The molecule has 0 aromatic heterocycles. The lowest BCUT2D eigenvalue weighted by Crippen LogP contribution is -2.61. The summed E-state index contributed by atoms with van der Waals surface area (Å²) in [5.74, 6) is 0. The Bertz CT molecular complexity index is 273. The van der Waals surface area contributed by atoms with E-state index in [4.69, 9.17) is 5.73 Å². The van der Waals surface area contributed by atoms with Crippen molar-refractivity contribution in [3.05, 3.63) is 0 Å². The second-order valence-electron chi connectivity index (χ2n) is 6.74. The molecule has 0 aromatic rings. The Balaban J connectivity index is 2.09.